The summed E-state index contributed by atoms with van der Waals surface area (Å²) in [5.41, 5.74) is 4.56. The number of nitrogens with zero attached hydrogens (tertiary/aromatic N) is 4. The molecule has 0 spiro atoms. The summed E-state index contributed by atoms with van der Waals surface area (Å²) in [7, 11) is 0. The third-order valence-corrected chi connectivity index (χ3v) is 4.53. The van der Waals surface area contributed by atoms with Gasteiger partial charge in [-0.2, -0.15) is 5.10 Å². The molecule has 0 aliphatic carbocycles. The minimum Gasteiger partial charge on any atom is -0.298 e. The van der Waals surface area contributed by atoms with E-state index in [4.69, 9.17) is 12.2 Å². The number of rotatable bonds is 3. The minimum atomic E-state index is -0.176. The maximum absolute atomic E-state index is 12.4. The van der Waals surface area contributed by atoms with Crippen LogP contribution < -0.4 is 5.56 Å². The number of fused-ring (bicyclic) bond motifs is 1. The van der Waals surface area contributed by atoms with Crippen LogP contribution in [-0.2, 0) is 6.54 Å². The first kappa shape index (κ1) is 16.4. The summed E-state index contributed by atoms with van der Waals surface area (Å²) in [6.45, 7) is 4.38. The minimum absolute atomic E-state index is 0.176. The molecule has 130 valence electrons. The van der Waals surface area contributed by atoms with Crippen molar-refractivity contribution in [1.82, 2.24) is 24.3 Å². The predicted octanol–water partition coefficient (Wildman–Crippen LogP) is 3.30. The first-order valence-corrected chi connectivity index (χ1v) is 8.63. The average Bonchev–Trinajstić information content (AvgIpc) is 2.97. The Hall–Kier alpha value is -3.06. The van der Waals surface area contributed by atoms with Crippen molar-refractivity contribution in [2.75, 3.05) is 0 Å². The molecule has 0 radical (unpaired) electrons. The third kappa shape index (κ3) is 2.86. The zero-order valence-electron chi connectivity index (χ0n) is 14.4. The zero-order chi connectivity index (χ0) is 18.3. The molecule has 0 saturated heterocycles. The number of hydrogen-bond acceptors (Lipinski definition) is 4. The van der Waals surface area contributed by atoms with E-state index in [1.807, 2.05) is 42.7 Å². The van der Waals surface area contributed by atoms with Crippen LogP contribution in [0, 0.1) is 18.6 Å². The largest absolute Gasteiger partial charge is 0.298 e. The molecule has 0 atom stereocenters. The quantitative estimate of drug-likeness (QED) is 0.567. The van der Waals surface area contributed by atoms with E-state index < -0.39 is 0 Å². The van der Waals surface area contributed by atoms with E-state index in [1.54, 1.807) is 4.57 Å². The average molecular weight is 363 g/mol. The van der Waals surface area contributed by atoms with Crippen LogP contribution >= 0.6 is 12.2 Å². The molecule has 7 heteroatoms. The molecule has 4 rings (SSSR count). The molecule has 6 nitrogen and oxygen atoms in total. The molecule has 0 amide bonds. The number of H-pyrrole nitrogens is 1. The molecule has 0 aliphatic heterocycles. The fourth-order valence-corrected chi connectivity index (χ4v) is 3.46. The van der Waals surface area contributed by atoms with E-state index >= 15 is 0 Å². The van der Waals surface area contributed by atoms with E-state index in [9.17, 15) is 4.79 Å². The van der Waals surface area contributed by atoms with Gasteiger partial charge < -0.3 is 0 Å². The Morgan fingerprint density at radius 1 is 1.12 bits per heavy atom. The number of benzene rings is 2. The van der Waals surface area contributed by atoms with Crippen molar-refractivity contribution in [3.63, 3.8) is 0 Å². The maximum Gasteiger partial charge on any atom is 0.269 e. The fraction of sp³-hybridized carbons (Fsp3) is 0.158. The summed E-state index contributed by atoms with van der Waals surface area (Å²) in [4.78, 5) is 16.6. The highest BCUT2D eigenvalue weighted by Crippen LogP contribution is 2.17. The summed E-state index contributed by atoms with van der Waals surface area (Å²) >= 11 is 5.43. The van der Waals surface area contributed by atoms with Gasteiger partial charge in [0.1, 0.15) is 0 Å². The number of hydrogen-bond donors (Lipinski definition) is 1. The van der Waals surface area contributed by atoms with E-state index in [-0.39, 0.29) is 5.56 Å². The monoisotopic (exact) mass is 363 g/mol. The molecule has 0 saturated carbocycles. The van der Waals surface area contributed by atoms with Crippen LogP contribution in [0.2, 0.25) is 0 Å². The highest BCUT2D eigenvalue weighted by atomic mass is 32.1. The van der Waals surface area contributed by atoms with Gasteiger partial charge in [-0.25, -0.2) is 4.98 Å². The van der Waals surface area contributed by atoms with Crippen molar-refractivity contribution in [3.05, 3.63) is 80.7 Å². The van der Waals surface area contributed by atoms with Crippen molar-refractivity contribution in [1.29, 1.82) is 0 Å². The lowest BCUT2D eigenvalue weighted by Crippen LogP contribution is -2.22. The molecular weight excluding hydrogens is 346 g/mol. The summed E-state index contributed by atoms with van der Waals surface area (Å²) < 4.78 is 4.03. The van der Waals surface area contributed by atoms with Crippen LogP contribution in [0.15, 0.2) is 53.5 Å². The van der Waals surface area contributed by atoms with Crippen LogP contribution in [0.5, 0.6) is 0 Å². The van der Waals surface area contributed by atoms with Crippen LogP contribution in [0.1, 0.15) is 17.0 Å². The van der Waals surface area contributed by atoms with Gasteiger partial charge >= 0.3 is 0 Å². The molecule has 0 bridgehead atoms. The Bertz CT molecular complexity index is 1210. The first-order valence-electron chi connectivity index (χ1n) is 8.22. The van der Waals surface area contributed by atoms with Crippen molar-refractivity contribution in [2.24, 2.45) is 0 Å². The highest BCUT2D eigenvalue weighted by molar-refractivity contribution is 7.71. The first-order chi connectivity index (χ1) is 12.5. The van der Waals surface area contributed by atoms with Crippen molar-refractivity contribution in [2.45, 2.75) is 20.4 Å². The van der Waals surface area contributed by atoms with Crippen LogP contribution in [0.25, 0.3) is 16.7 Å². The van der Waals surface area contributed by atoms with Crippen LogP contribution in [0.4, 0.5) is 0 Å². The topological polar surface area (TPSA) is 68.5 Å². The van der Waals surface area contributed by atoms with Crippen LogP contribution in [-0.4, -0.2) is 24.3 Å². The Morgan fingerprint density at radius 3 is 2.62 bits per heavy atom. The summed E-state index contributed by atoms with van der Waals surface area (Å²) in [5, 5.41) is 7.21. The van der Waals surface area contributed by atoms with Gasteiger partial charge in [-0.15, -0.1) is 0 Å². The molecule has 0 unspecified atom stereocenters. The third-order valence-electron chi connectivity index (χ3n) is 4.26. The number of nitrogens with one attached hydrogen (secondary N) is 1. The highest BCUT2D eigenvalue weighted by Gasteiger charge is 2.12. The Morgan fingerprint density at radius 2 is 1.85 bits per heavy atom. The Kier molecular flexibility index (Phi) is 4.00. The zero-order valence-corrected chi connectivity index (χ0v) is 15.2. The van der Waals surface area contributed by atoms with E-state index in [2.05, 4.69) is 33.4 Å². The molecule has 0 fully saturated rings. The van der Waals surface area contributed by atoms with Gasteiger partial charge in [-0.1, -0.05) is 18.2 Å². The standard InChI is InChI=1S/C19H17N5OS/c1-12-7-13(2)9-14(8-12)24-17(21-22-19(24)26)11-23-16-6-4-3-5-15(16)20-10-18(23)25/h3-10H,11H2,1-2H3,(H,22,26). The number of para-hydroxylation sites is 2. The normalized spacial score (nSPS) is 11.2. The molecule has 0 aliphatic rings. The maximum atomic E-state index is 12.4. The van der Waals surface area contributed by atoms with Gasteiger partial charge in [0.15, 0.2) is 10.6 Å². The van der Waals surface area contributed by atoms with Crippen LogP contribution in [0.3, 0.4) is 0 Å². The van der Waals surface area contributed by atoms with Crippen molar-refractivity contribution < 1.29 is 0 Å². The second kappa shape index (κ2) is 6.34. The molecule has 2 aromatic heterocycles. The second-order valence-electron chi connectivity index (χ2n) is 6.30. The SMILES string of the molecule is Cc1cc(C)cc(-n2c(Cn3c(=O)cnc4ccccc43)n[nH]c2=S)c1. The van der Waals surface area contributed by atoms with Crippen molar-refractivity contribution in [3.8, 4) is 5.69 Å². The van der Waals surface area contributed by atoms with Gasteiger partial charge in [-0.05, 0) is 61.5 Å². The van der Waals surface area contributed by atoms with Gasteiger partial charge in [0, 0.05) is 0 Å². The molecule has 1 N–H and O–H groups in total. The second-order valence-corrected chi connectivity index (χ2v) is 6.68. The predicted molar refractivity (Wildman–Crippen MR) is 103 cm³/mol. The lowest BCUT2D eigenvalue weighted by Gasteiger charge is -2.12. The van der Waals surface area contributed by atoms with Crippen molar-refractivity contribution >= 4 is 23.3 Å². The fourth-order valence-electron chi connectivity index (χ4n) is 3.20. The van der Waals surface area contributed by atoms with E-state index in [0.29, 0.717) is 17.1 Å². The lowest BCUT2D eigenvalue weighted by molar-refractivity contribution is 0.717. The van der Waals surface area contributed by atoms with E-state index in [0.717, 1.165) is 27.8 Å². The van der Waals surface area contributed by atoms with E-state index in [1.165, 1.54) is 6.20 Å². The molecule has 2 heterocycles. The molecule has 2 aromatic carbocycles. The Balaban J connectivity index is 1.89. The summed E-state index contributed by atoms with van der Waals surface area (Å²) in [6, 6.07) is 13.8. The van der Waals surface area contributed by atoms with Gasteiger partial charge in [0.25, 0.3) is 5.56 Å². The number of aryl methyl sites for hydroxylation is 2. The van der Waals surface area contributed by atoms with Gasteiger partial charge in [-0.3, -0.25) is 19.0 Å². The smallest absolute Gasteiger partial charge is 0.269 e. The van der Waals surface area contributed by atoms with Gasteiger partial charge in [0.05, 0.1) is 29.5 Å². The summed E-state index contributed by atoms with van der Waals surface area (Å²) in [6.07, 6.45) is 1.34. The molecule has 4 aromatic rings. The Labute approximate surface area is 154 Å². The number of aromatic nitrogens is 5. The summed E-state index contributed by atoms with van der Waals surface area (Å²) in [5.74, 6) is 0.665. The number of aromatic amines is 1. The van der Waals surface area contributed by atoms with Gasteiger partial charge in [0.2, 0.25) is 0 Å². The molecule has 26 heavy (non-hydrogen) atoms. The lowest BCUT2D eigenvalue weighted by atomic mass is 10.1. The molecular formula is C19H17N5OS.